The van der Waals surface area contributed by atoms with Crippen LogP contribution in [0.5, 0.6) is 0 Å². The molecule has 2 aromatic heterocycles. The lowest BCUT2D eigenvalue weighted by atomic mass is 9.97. The Hall–Kier alpha value is -0.880. The summed E-state index contributed by atoms with van der Waals surface area (Å²) < 4.78 is 131. The van der Waals surface area contributed by atoms with Crippen LogP contribution in [0.3, 0.4) is 0 Å². The van der Waals surface area contributed by atoms with Crippen molar-refractivity contribution in [1.29, 1.82) is 0 Å². The number of aryl methyl sites for hydroxylation is 2. The highest BCUT2D eigenvalue weighted by Gasteiger charge is 2.71. The Balaban J connectivity index is 2.22. The largest absolute Gasteiger partial charge is 0.424 e. The van der Waals surface area contributed by atoms with Crippen LogP contribution >= 0.6 is 69.6 Å². The first-order chi connectivity index (χ1) is 19.0. The van der Waals surface area contributed by atoms with Gasteiger partial charge in [0.05, 0.1) is 11.4 Å². The summed E-state index contributed by atoms with van der Waals surface area (Å²) in [6.45, 7) is -0.204. The lowest BCUT2D eigenvalue weighted by Gasteiger charge is -2.36. The van der Waals surface area contributed by atoms with Crippen molar-refractivity contribution in [3.8, 4) is 0 Å². The highest BCUT2D eigenvalue weighted by molar-refractivity contribution is 7.61. The third-order valence-electron chi connectivity index (χ3n) is 6.01. The summed E-state index contributed by atoms with van der Waals surface area (Å²) in [5.41, 5.74) is -8.99. The molecule has 0 bridgehead atoms. The van der Waals surface area contributed by atoms with Crippen molar-refractivity contribution in [2.45, 2.75) is 69.8 Å². The molecule has 0 saturated heterocycles. The minimum Gasteiger partial charge on any atom is -0.349 e. The van der Waals surface area contributed by atoms with Gasteiger partial charge in [0.15, 0.2) is 0 Å². The maximum absolute atomic E-state index is 14.2. The summed E-state index contributed by atoms with van der Waals surface area (Å²) in [6.07, 6.45) is -7.39. The van der Waals surface area contributed by atoms with E-state index in [-0.39, 0.29) is 25.9 Å². The van der Waals surface area contributed by atoms with Gasteiger partial charge in [-0.1, -0.05) is 82.4 Å². The molecule has 0 spiro atoms. The Morgan fingerprint density at radius 1 is 0.595 bits per heavy atom. The van der Waals surface area contributed by atoms with E-state index in [4.69, 9.17) is 69.6 Å². The highest BCUT2D eigenvalue weighted by atomic mass is 35.6. The van der Waals surface area contributed by atoms with Gasteiger partial charge in [-0.15, -0.1) is 8.73 Å². The van der Waals surface area contributed by atoms with Crippen LogP contribution in [-0.2, 0) is 45.2 Å². The van der Waals surface area contributed by atoms with Crippen molar-refractivity contribution < 1.29 is 43.2 Å². The fourth-order valence-corrected chi connectivity index (χ4v) is 7.11. The summed E-state index contributed by atoms with van der Waals surface area (Å²) in [6, 6.07) is 4.19. The van der Waals surface area contributed by atoms with E-state index in [0.29, 0.717) is 12.8 Å². The summed E-state index contributed by atoms with van der Waals surface area (Å²) in [7, 11) is -7.24. The standard InChI is InChI=1S/C20H18Cl6F6N4O4S2/c21-17(22,23)15(19(27,28)29,33-41(37)38)13-7-5-11-35(13)9-3-1-2-4-10-36-12-6-8-14(36)16(18(24,25)26,20(30,31)32)34-42(39)40/h5-8,11-12H,1-4,9-10H2. The summed E-state index contributed by atoms with van der Waals surface area (Å²) >= 11 is 33.7. The first-order valence-electron chi connectivity index (χ1n) is 11.3. The maximum atomic E-state index is 14.2. The molecule has 0 aliphatic carbocycles. The number of nitrogens with zero attached hydrogens (tertiary/aromatic N) is 4. The number of hydrogen-bond acceptors (Lipinski definition) is 6. The van der Waals surface area contributed by atoms with Gasteiger partial charge in [-0.25, -0.2) is 0 Å². The predicted octanol–water partition coefficient (Wildman–Crippen LogP) is 7.93. The van der Waals surface area contributed by atoms with Crippen molar-refractivity contribution in [1.82, 2.24) is 9.13 Å². The first-order valence-corrected chi connectivity index (χ1v) is 15.6. The normalized spacial score (nSPS) is 16.0. The van der Waals surface area contributed by atoms with Crippen molar-refractivity contribution >= 4 is 90.6 Å². The number of halogens is 12. The van der Waals surface area contributed by atoms with Gasteiger partial charge in [0, 0.05) is 25.5 Å². The van der Waals surface area contributed by atoms with Gasteiger partial charge in [0.2, 0.25) is 7.59 Å². The number of aromatic nitrogens is 2. The topological polar surface area (TPSA) is 103 Å². The number of alkyl halides is 12. The van der Waals surface area contributed by atoms with E-state index in [9.17, 15) is 43.2 Å². The second kappa shape index (κ2) is 13.6. The zero-order valence-electron chi connectivity index (χ0n) is 20.5. The molecule has 0 saturated carbocycles. The van der Waals surface area contributed by atoms with E-state index in [0.717, 1.165) is 21.3 Å². The molecule has 0 amide bonds. The lowest BCUT2D eigenvalue weighted by Crippen LogP contribution is -2.52. The van der Waals surface area contributed by atoms with Crippen molar-refractivity contribution in [3.63, 3.8) is 0 Å². The minimum absolute atomic E-state index is 0.102. The smallest absolute Gasteiger partial charge is 0.349 e. The number of rotatable bonds is 11. The average Bonchev–Trinajstić information content (AvgIpc) is 3.44. The van der Waals surface area contributed by atoms with Crippen LogP contribution in [-0.4, -0.2) is 45.9 Å². The van der Waals surface area contributed by atoms with E-state index in [2.05, 4.69) is 8.73 Å². The molecule has 2 rings (SSSR count). The van der Waals surface area contributed by atoms with Gasteiger partial charge >= 0.3 is 33.4 Å². The Morgan fingerprint density at radius 3 is 1.14 bits per heavy atom. The van der Waals surface area contributed by atoms with Crippen LogP contribution in [0, 0.1) is 0 Å². The van der Waals surface area contributed by atoms with E-state index in [1.165, 1.54) is 24.5 Å². The molecule has 2 aromatic rings. The van der Waals surface area contributed by atoms with Crippen LogP contribution < -0.4 is 0 Å². The third-order valence-corrected chi connectivity index (χ3v) is 8.50. The molecule has 8 nitrogen and oxygen atoms in total. The first kappa shape index (κ1) is 37.3. The van der Waals surface area contributed by atoms with Gasteiger partial charge in [-0.2, -0.15) is 43.2 Å². The average molecular weight is 769 g/mol. The van der Waals surface area contributed by atoms with Crippen LogP contribution in [0.1, 0.15) is 37.1 Å². The highest BCUT2D eigenvalue weighted by Crippen LogP contribution is 2.58. The molecule has 0 aromatic carbocycles. The molecule has 0 fully saturated rings. The summed E-state index contributed by atoms with van der Waals surface area (Å²) in [4.78, 5) is 0. The fourth-order valence-electron chi connectivity index (χ4n) is 4.22. The third kappa shape index (κ3) is 7.66. The fraction of sp³-hybridized carbons (Fsp3) is 0.600. The molecular weight excluding hydrogens is 751 g/mol. The molecule has 238 valence electrons. The van der Waals surface area contributed by atoms with Gasteiger partial charge in [-0.3, -0.25) is 0 Å². The molecule has 2 unspecified atom stereocenters. The second-order valence-corrected chi connectivity index (χ2v) is 14.4. The lowest BCUT2D eigenvalue weighted by molar-refractivity contribution is -0.189. The predicted molar refractivity (Wildman–Crippen MR) is 146 cm³/mol. The van der Waals surface area contributed by atoms with Crippen molar-refractivity contribution in [2.24, 2.45) is 8.73 Å². The molecule has 0 aliphatic rings. The van der Waals surface area contributed by atoms with Crippen LogP contribution in [0.2, 0.25) is 0 Å². The molecular formula is C20H18Cl6F6N4O4S2. The van der Waals surface area contributed by atoms with Crippen LogP contribution in [0.4, 0.5) is 26.3 Å². The van der Waals surface area contributed by atoms with E-state index in [1.54, 1.807) is 0 Å². The molecule has 42 heavy (non-hydrogen) atoms. The quantitative estimate of drug-likeness (QED) is 0.132. The number of unbranched alkanes of at least 4 members (excludes halogenated alkanes) is 3. The zero-order valence-corrected chi connectivity index (χ0v) is 26.6. The SMILES string of the molecule is O=S(=O)=NC(c1cccn1CCCCCCn1cccc1C(N=S(=O)=O)(C(F)(F)F)C(Cl)(Cl)Cl)(C(F)(F)F)C(Cl)(Cl)Cl. The molecule has 0 aliphatic heterocycles. The maximum Gasteiger partial charge on any atom is 0.424 e. The molecule has 0 radical (unpaired) electrons. The van der Waals surface area contributed by atoms with Gasteiger partial charge in [-0.05, 0) is 37.1 Å². The van der Waals surface area contributed by atoms with Gasteiger partial charge < -0.3 is 9.13 Å². The van der Waals surface area contributed by atoms with Crippen LogP contribution in [0.25, 0.3) is 0 Å². The van der Waals surface area contributed by atoms with Gasteiger partial charge in [0.25, 0.3) is 11.1 Å². The summed E-state index contributed by atoms with van der Waals surface area (Å²) in [5.74, 6) is 0. The second-order valence-electron chi connectivity index (χ2n) is 8.62. The van der Waals surface area contributed by atoms with E-state index < -0.39 is 63.4 Å². The Bertz CT molecular complexity index is 1370. The Kier molecular flexibility index (Phi) is 12.1. The van der Waals surface area contributed by atoms with E-state index in [1.807, 2.05) is 0 Å². The molecule has 0 N–H and O–H groups in total. The minimum atomic E-state index is -5.44. The molecule has 2 heterocycles. The molecule has 2 atom stereocenters. The Labute approximate surface area is 268 Å². The van der Waals surface area contributed by atoms with Crippen LogP contribution in [0.15, 0.2) is 45.4 Å². The van der Waals surface area contributed by atoms with Crippen molar-refractivity contribution in [3.05, 3.63) is 48.0 Å². The Morgan fingerprint density at radius 2 is 0.905 bits per heavy atom. The zero-order chi connectivity index (χ0) is 32.4. The summed E-state index contributed by atoms with van der Waals surface area (Å²) in [5, 5.41) is 0. The van der Waals surface area contributed by atoms with Crippen molar-refractivity contribution in [2.75, 3.05) is 0 Å². The number of hydrogen-bond donors (Lipinski definition) is 0. The van der Waals surface area contributed by atoms with E-state index >= 15 is 0 Å². The van der Waals surface area contributed by atoms with Gasteiger partial charge in [0.1, 0.15) is 0 Å². The molecule has 22 heteroatoms. The monoisotopic (exact) mass is 766 g/mol.